The van der Waals surface area contributed by atoms with Gasteiger partial charge in [-0.25, -0.2) is 8.42 Å². The van der Waals surface area contributed by atoms with Crippen molar-refractivity contribution in [3.8, 4) is 0 Å². The van der Waals surface area contributed by atoms with Crippen LogP contribution < -0.4 is 9.62 Å². The van der Waals surface area contributed by atoms with Crippen molar-refractivity contribution < 1.29 is 18.0 Å². The van der Waals surface area contributed by atoms with Gasteiger partial charge < -0.3 is 10.2 Å². The molecule has 1 atom stereocenters. The zero-order valence-corrected chi connectivity index (χ0v) is 22.7. The van der Waals surface area contributed by atoms with E-state index in [-0.39, 0.29) is 18.4 Å². The lowest BCUT2D eigenvalue weighted by atomic mass is 10.1. The Kier molecular flexibility index (Phi) is 10.6. The molecule has 0 spiro atoms. The summed E-state index contributed by atoms with van der Waals surface area (Å²) in [6.07, 6.45) is 2.27. The van der Waals surface area contributed by atoms with E-state index in [9.17, 15) is 18.0 Å². The van der Waals surface area contributed by atoms with E-state index >= 15 is 0 Å². The molecule has 2 aromatic rings. The Hall–Kier alpha value is -2.58. The lowest BCUT2D eigenvalue weighted by Gasteiger charge is -2.33. The molecule has 0 heterocycles. The number of nitrogens with one attached hydrogen (secondary N) is 1. The highest BCUT2D eigenvalue weighted by atomic mass is 35.5. The Morgan fingerprint density at radius 1 is 0.971 bits per heavy atom. The van der Waals surface area contributed by atoms with Gasteiger partial charge in [0, 0.05) is 18.1 Å². The van der Waals surface area contributed by atoms with Crippen LogP contribution in [0.3, 0.4) is 0 Å². The van der Waals surface area contributed by atoms with Crippen LogP contribution in [0, 0.1) is 5.92 Å². The van der Waals surface area contributed by atoms with Crippen molar-refractivity contribution in [3.63, 3.8) is 0 Å². The molecule has 0 aliphatic carbocycles. The maximum atomic E-state index is 13.6. The molecule has 0 saturated heterocycles. The zero-order valence-electron chi connectivity index (χ0n) is 21.1. The summed E-state index contributed by atoms with van der Waals surface area (Å²) >= 11 is 6.01. The molecule has 0 aromatic heterocycles. The SMILES string of the molecule is CCc1ccc(N(CC(=O)N(Cc2ccc(Cl)cc2)C(CC)C(=O)NCC(C)C)S(C)(=O)=O)cc1. The molecule has 9 heteroatoms. The molecule has 2 rings (SSSR count). The van der Waals surface area contributed by atoms with Gasteiger partial charge in [0.2, 0.25) is 21.8 Å². The Morgan fingerprint density at radius 2 is 1.54 bits per heavy atom. The fourth-order valence-corrected chi connectivity index (χ4v) is 4.62. The first-order chi connectivity index (χ1) is 16.5. The van der Waals surface area contributed by atoms with E-state index < -0.39 is 28.5 Å². The number of hydrogen-bond donors (Lipinski definition) is 1. The first kappa shape index (κ1) is 28.7. The van der Waals surface area contributed by atoms with E-state index in [1.807, 2.05) is 39.8 Å². The number of nitrogens with zero attached hydrogens (tertiary/aromatic N) is 2. The smallest absolute Gasteiger partial charge is 0.244 e. The van der Waals surface area contributed by atoms with Crippen LogP contribution in [0.4, 0.5) is 5.69 Å². The standard InChI is InChI=1S/C26H36ClN3O4S/c1-6-20-10-14-23(15-11-20)30(35(5,33)34)18-25(31)29(17-21-8-12-22(27)13-9-21)24(7-2)26(32)28-16-19(3)4/h8-15,19,24H,6-7,16-18H2,1-5H3,(H,28,32). The second-order valence-corrected chi connectivity index (χ2v) is 11.3. The monoisotopic (exact) mass is 521 g/mol. The fourth-order valence-electron chi connectivity index (χ4n) is 3.64. The number of rotatable bonds is 12. The van der Waals surface area contributed by atoms with Crippen molar-refractivity contribution in [3.05, 3.63) is 64.7 Å². The van der Waals surface area contributed by atoms with Crippen LogP contribution in [0.2, 0.25) is 5.02 Å². The molecule has 0 bridgehead atoms. The predicted octanol–water partition coefficient (Wildman–Crippen LogP) is 4.25. The quantitative estimate of drug-likeness (QED) is 0.452. The summed E-state index contributed by atoms with van der Waals surface area (Å²) in [5, 5.41) is 3.47. The molecular formula is C26H36ClN3O4S. The zero-order chi connectivity index (χ0) is 26.2. The number of anilines is 1. The number of carbonyl (C=O) groups excluding carboxylic acids is 2. The van der Waals surface area contributed by atoms with E-state index in [2.05, 4.69) is 5.32 Å². The lowest BCUT2D eigenvalue weighted by Crippen LogP contribution is -2.52. The number of amides is 2. The van der Waals surface area contributed by atoms with Gasteiger partial charge in [-0.15, -0.1) is 0 Å². The third kappa shape index (κ3) is 8.54. The number of hydrogen-bond acceptors (Lipinski definition) is 4. The van der Waals surface area contributed by atoms with Gasteiger partial charge in [-0.1, -0.05) is 63.6 Å². The number of sulfonamides is 1. The first-order valence-electron chi connectivity index (χ1n) is 11.8. The molecule has 0 saturated carbocycles. The molecule has 192 valence electrons. The van der Waals surface area contributed by atoms with Crippen molar-refractivity contribution in [2.45, 2.75) is 53.1 Å². The Labute approximate surface area is 214 Å². The van der Waals surface area contributed by atoms with Crippen molar-refractivity contribution in [1.82, 2.24) is 10.2 Å². The lowest BCUT2D eigenvalue weighted by molar-refractivity contribution is -0.140. The number of aryl methyl sites for hydroxylation is 1. The topological polar surface area (TPSA) is 86.8 Å². The van der Waals surface area contributed by atoms with Gasteiger partial charge in [0.25, 0.3) is 0 Å². The molecule has 7 nitrogen and oxygen atoms in total. The molecule has 0 aliphatic rings. The highest BCUT2D eigenvalue weighted by molar-refractivity contribution is 7.92. The highest BCUT2D eigenvalue weighted by Gasteiger charge is 2.31. The summed E-state index contributed by atoms with van der Waals surface area (Å²) in [6.45, 7) is 8.05. The molecule has 1 unspecified atom stereocenters. The fraction of sp³-hybridized carbons (Fsp3) is 0.462. The number of carbonyl (C=O) groups is 2. The van der Waals surface area contributed by atoms with Gasteiger partial charge in [0.1, 0.15) is 12.6 Å². The number of halogens is 1. The summed E-state index contributed by atoms with van der Waals surface area (Å²) in [6, 6.07) is 13.4. The van der Waals surface area contributed by atoms with Crippen molar-refractivity contribution in [2.24, 2.45) is 5.92 Å². The normalized spacial score (nSPS) is 12.3. The van der Waals surface area contributed by atoms with Crippen molar-refractivity contribution in [1.29, 1.82) is 0 Å². The molecule has 0 fully saturated rings. The second kappa shape index (κ2) is 12.9. The van der Waals surface area contributed by atoms with Crippen LogP contribution in [0.1, 0.15) is 45.2 Å². The van der Waals surface area contributed by atoms with Gasteiger partial charge >= 0.3 is 0 Å². The van der Waals surface area contributed by atoms with Crippen LogP contribution in [0.5, 0.6) is 0 Å². The van der Waals surface area contributed by atoms with Gasteiger partial charge in [0.15, 0.2) is 0 Å². The predicted molar refractivity (Wildman–Crippen MR) is 142 cm³/mol. The van der Waals surface area contributed by atoms with Gasteiger partial charge in [-0.3, -0.25) is 13.9 Å². The van der Waals surface area contributed by atoms with Gasteiger partial charge in [0.05, 0.1) is 11.9 Å². The summed E-state index contributed by atoms with van der Waals surface area (Å²) < 4.78 is 26.4. The molecule has 1 N–H and O–H groups in total. The van der Waals surface area contributed by atoms with Crippen molar-refractivity contribution in [2.75, 3.05) is 23.7 Å². The average molecular weight is 522 g/mol. The third-order valence-corrected chi connectivity index (χ3v) is 7.04. The molecular weight excluding hydrogens is 486 g/mol. The van der Waals surface area contributed by atoms with Crippen LogP contribution in [0.25, 0.3) is 0 Å². The van der Waals surface area contributed by atoms with Gasteiger partial charge in [-0.05, 0) is 54.2 Å². The molecule has 2 amide bonds. The van der Waals surface area contributed by atoms with E-state index in [1.165, 1.54) is 4.90 Å². The minimum Gasteiger partial charge on any atom is -0.354 e. The summed E-state index contributed by atoms with van der Waals surface area (Å²) in [4.78, 5) is 28.1. The Balaban J connectivity index is 2.40. The van der Waals surface area contributed by atoms with E-state index in [0.29, 0.717) is 23.7 Å². The molecule has 0 radical (unpaired) electrons. The minimum absolute atomic E-state index is 0.149. The van der Waals surface area contributed by atoms with Crippen LogP contribution in [0.15, 0.2) is 48.5 Å². The van der Waals surface area contributed by atoms with Gasteiger partial charge in [-0.2, -0.15) is 0 Å². The maximum Gasteiger partial charge on any atom is 0.244 e. The van der Waals surface area contributed by atoms with Crippen LogP contribution >= 0.6 is 11.6 Å². The average Bonchev–Trinajstić information content (AvgIpc) is 2.81. The maximum absolute atomic E-state index is 13.6. The summed E-state index contributed by atoms with van der Waals surface area (Å²) in [5.41, 5.74) is 2.25. The minimum atomic E-state index is -3.75. The highest BCUT2D eigenvalue weighted by Crippen LogP contribution is 2.21. The van der Waals surface area contributed by atoms with E-state index in [0.717, 1.165) is 28.1 Å². The molecule has 2 aromatic carbocycles. The summed E-state index contributed by atoms with van der Waals surface area (Å²) in [5.74, 6) is -0.470. The Bertz CT molecular complexity index is 1090. The largest absolute Gasteiger partial charge is 0.354 e. The van der Waals surface area contributed by atoms with Crippen molar-refractivity contribution >= 4 is 39.1 Å². The first-order valence-corrected chi connectivity index (χ1v) is 14.1. The molecule has 0 aliphatic heterocycles. The molecule has 35 heavy (non-hydrogen) atoms. The summed E-state index contributed by atoms with van der Waals surface area (Å²) in [7, 11) is -3.75. The second-order valence-electron chi connectivity index (χ2n) is 9.00. The number of benzene rings is 2. The van der Waals surface area contributed by atoms with E-state index in [4.69, 9.17) is 11.6 Å². The third-order valence-electron chi connectivity index (χ3n) is 5.65. The van der Waals surface area contributed by atoms with E-state index in [1.54, 1.807) is 36.4 Å². The van der Waals surface area contributed by atoms with Crippen LogP contribution in [-0.2, 0) is 32.6 Å². The van der Waals surface area contributed by atoms with Crippen LogP contribution in [-0.4, -0.2) is 50.5 Å². The Morgan fingerprint density at radius 3 is 2.03 bits per heavy atom.